The molecule has 0 saturated carbocycles. The lowest BCUT2D eigenvalue weighted by Gasteiger charge is -1.66. The molecule has 0 aliphatic carbocycles. The molecule has 0 radical (unpaired) electrons. The number of hydrogen-bond donors (Lipinski definition) is 1. The summed E-state index contributed by atoms with van der Waals surface area (Å²) in [4.78, 5) is 6.42. The lowest BCUT2D eigenvalue weighted by Crippen LogP contribution is -1.54. The van der Waals surface area contributed by atoms with Crippen LogP contribution in [0.4, 0.5) is 0 Å². The van der Waals surface area contributed by atoms with E-state index in [1.807, 2.05) is 0 Å². The van der Waals surface area contributed by atoms with E-state index in [0.29, 0.717) is 0 Å². The van der Waals surface area contributed by atoms with Gasteiger partial charge in [0, 0.05) is 12.4 Å². The Hall–Kier alpha value is -0.0600. The van der Waals surface area contributed by atoms with Crippen molar-refractivity contribution in [3.63, 3.8) is 0 Å². The average molecular weight is 238 g/mol. The Balaban J connectivity index is 0.000000148. The molecule has 0 atom stereocenters. The van der Waals surface area contributed by atoms with E-state index in [9.17, 15) is 0 Å². The van der Waals surface area contributed by atoms with Crippen LogP contribution < -0.4 is 0 Å². The molecule has 0 aliphatic heterocycles. The van der Waals surface area contributed by atoms with E-state index in [2.05, 4.69) is 39.5 Å². The van der Waals surface area contributed by atoms with Gasteiger partial charge in [0.15, 0.2) is 0 Å². The van der Waals surface area contributed by atoms with E-state index in [0.717, 1.165) is 0 Å². The number of hydrogen-bond acceptors (Lipinski definition) is 1. The van der Waals surface area contributed by atoms with Gasteiger partial charge in [-0.3, -0.25) is 0 Å². The predicted molar refractivity (Wildman–Crippen MR) is 47.8 cm³/mol. The van der Waals surface area contributed by atoms with Crippen LogP contribution in [0.3, 0.4) is 0 Å². The standard InChI is InChI=1S/C3H7I.C3H4N2/c1-2-3-4;1-2-5-3-4-1/h2-3H2,1H3;1-3H,(H,4,5). The first-order valence-corrected chi connectivity index (χ1v) is 4.43. The monoisotopic (exact) mass is 238 g/mol. The van der Waals surface area contributed by atoms with Gasteiger partial charge in [-0.2, -0.15) is 0 Å². The Morgan fingerprint density at radius 1 is 1.67 bits per heavy atom. The maximum absolute atomic E-state index is 3.67. The molecule has 1 N–H and O–H groups in total. The molecule has 0 amide bonds. The van der Waals surface area contributed by atoms with E-state index in [4.69, 9.17) is 0 Å². The van der Waals surface area contributed by atoms with E-state index in [-0.39, 0.29) is 0 Å². The van der Waals surface area contributed by atoms with Crippen molar-refractivity contribution in [2.45, 2.75) is 13.3 Å². The summed E-state index contributed by atoms with van der Waals surface area (Å²) >= 11 is 2.35. The largest absolute Gasteiger partial charge is 0.351 e. The molecule has 1 aromatic heterocycles. The van der Waals surface area contributed by atoms with Gasteiger partial charge in [-0.05, 0) is 10.8 Å². The van der Waals surface area contributed by atoms with Crippen LogP contribution in [-0.2, 0) is 0 Å². The third kappa shape index (κ3) is 7.94. The zero-order valence-electron chi connectivity index (χ0n) is 5.47. The average Bonchev–Trinajstić information content (AvgIpc) is 2.43. The van der Waals surface area contributed by atoms with Gasteiger partial charge in [0.1, 0.15) is 0 Å². The zero-order valence-corrected chi connectivity index (χ0v) is 7.63. The highest BCUT2D eigenvalue weighted by Gasteiger charge is 1.58. The van der Waals surface area contributed by atoms with Crippen molar-refractivity contribution < 1.29 is 0 Å². The maximum atomic E-state index is 3.67. The Labute approximate surface area is 69.2 Å². The second-order valence-corrected chi connectivity index (χ2v) is 2.53. The number of alkyl halides is 1. The van der Waals surface area contributed by atoms with Crippen LogP contribution in [0.5, 0.6) is 0 Å². The Bertz CT molecular complexity index is 86.6. The van der Waals surface area contributed by atoms with Crippen molar-refractivity contribution in [2.75, 3.05) is 4.43 Å². The lowest BCUT2D eigenvalue weighted by atomic mass is 10.6. The summed E-state index contributed by atoms with van der Waals surface area (Å²) in [5.41, 5.74) is 0. The quantitative estimate of drug-likeness (QED) is 0.589. The van der Waals surface area contributed by atoms with Gasteiger partial charge in [-0.15, -0.1) is 0 Å². The number of nitrogens with zero attached hydrogens (tertiary/aromatic N) is 1. The molecule has 52 valence electrons. The molecule has 0 aliphatic rings. The van der Waals surface area contributed by atoms with Crippen molar-refractivity contribution in [1.29, 1.82) is 0 Å². The molecule has 2 nitrogen and oxygen atoms in total. The summed E-state index contributed by atoms with van der Waals surface area (Å²) in [6, 6.07) is 0. The fraction of sp³-hybridized carbons (Fsp3) is 0.500. The Kier molecular flexibility index (Phi) is 7.89. The normalized spacial score (nSPS) is 7.78. The van der Waals surface area contributed by atoms with Crippen LogP contribution in [0.1, 0.15) is 13.3 Å². The predicted octanol–water partition coefficient (Wildman–Crippen LogP) is 2.24. The maximum Gasteiger partial charge on any atom is 0.0919 e. The fourth-order valence-electron chi connectivity index (χ4n) is 0.215. The van der Waals surface area contributed by atoms with Gasteiger partial charge in [0.25, 0.3) is 0 Å². The second-order valence-electron chi connectivity index (χ2n) is 1.45. The van der Waals surface area contributed by atoms with E-state index < -0.39 is 0 Å². The summed E-state index contributed by atoms with van der Waals surface area (Å²) in [5, 5.41) is 0. The van der Waals surface area contributed by atoms with E-state index in [1.165, 1.54) is 10.8 Å². The summed E-state index contributed by atoms with van der Waals surface area (Å²) < 4.78 is 1.29. The third-order valence-electron chi connectivity index (χ3n) is 0.595. The van der Waals surface area contributed by atoms with Crippen LogP contribution in [0.25, 0.3) is 0 Å². The van der Waals surface area contributed by atoms with Crippen LogP contribution in [0.2, 0.25) is 0 Å². The first-order valence-electron chi connectivity index (χ1n) is 2.90. The molecule has 0 aromatic carbocycles. The van der Waals surface area contributed by atoms with Crippen molar-refractivity contribution in [2.24, 2.45) is 0 Å². The first-order chi connectivity index (χ1) is 4.41. The molecular formula is C6H11IN2. The van der Waals surface area contributed by atoms with Gasteiger partial charge in [-0.25, -0.2) is 4.98 Å². The molecule has 1 aromatic rings. The van der Waals surface area contributed by atoms with Crippen molar-refractivity contribution in [1.82, 2.24) is 9.97 Å². The topological polar surface area (TPSA) is 28.7 Å². The number of rotatable bonds is 1. The molecule has 9 heavy (non-hydrogen) atoms. The number of aromatic nitrogens is 2. The van der Waals surface area contributed by atoms with Gasteiger partial charge in [-0.1, -0.05) is 29.5 Å². The lowest BCUT2D eigenvalue weighted by molar-refractivity contribution is 1.13. The van der Waals surface area contributed by atoms with Gasteiger partial charge >= 0.3 is 0 Å². The van der Waals surface area contributed by atoms with Gasteiger partial charge < -0.3 is 4.98 Å². The minimum Gasteiger partial charge on any atom is -0.351 e. The fourth-order valence-corrected chi connectivity index (χ4v) is 0.215. The summed E-state index contributed by atoms with van der Waals surface area (Å²) in [5.74, 6) is 0. The Morgan fingerprint density at radius 2 is 2.33 bits per heavy atom. The number of aromatic amines is 1. The number of halogens is 1. The van der Waals surface area contributed by atoms with Crippen LogP contribution in [-0.4, -0.2) is 14.4 Å². The highest BCUT2D eigenvalue weighted by atomic mass is 127. The SMILES string of the molecule is CCCI.c1c[nH]cn1. The molecule has 0 fully saturated rings. The molecule has 0 spiro atoms. The zero-order chi connectivity index (χ0) is 6.95. The number of H-pyrrole nitrogens is 1. The number of imidazole rings is 1. The number of nitrogens with one attached hydrogen (secondary N) is 1. The third-order valence-corrected chi connectivity index (χ3v) is 1.67. The summed E-state index contributed by atoms with van der Waals surface area (Å²) in [7, 11) is 0. The van der Waals surface area contributed by atoms with Crippen LogP contribution in [0, 0.1) is 0 Å². The minimum atomic E-state index is 1.29. The molecule has 0 saturated heterocycles. The van der Waals surface area contributed by atoms with Gasteiger partial charge in [0.2, 0.25) is 0 Å². The second kappa shape index (κ2) is 7.94. The van der Waals surface area contributed by atoms with Crippen molar-refractivity contribution >= 4 is 22.6 Å². The molecule has 0 unspecified atom stereocenters. The highest BCUT2D eigenvalue weighted by molar-refractivity contribution is 14.1. The van der Waals surface area contributed by atoms with E-state index >= 15 is 0 Å². The van der Waals surface area contributed by atoms with Crippen molar-refractivity contribution in [3.8, 4) is 0 Å². The summed E-state index contributed by atoms with van der Waals surface area (Å²) in [6.07, 6.45) is 6.39. The van der Waals surface area contributed by atoms with Crippen LogP contribution in [0.15, 0.2) is 18.7 Å². The molecule has 3 heteroatoms. The first kappa shape index (κ1) is 8.94. The minimum absolute atomic E-state index is 1.29. The van der Waals surface area contributed by atoms with Crippen molar-refractivity contribution in [3.05, 3.63) is 18.7 Å². The molecular weight excluding hydrogens is 227 g/mol. The molecule has 1 rings (SSSR count). The molecule has 0 bridgehead atoms. The smallest absolute Gasteiger partial charge is 0.0919 e. The summed E-state index contributed by atoms with van der Waals surface area (Å²) in [6.45, 7) is 2.17. The van der Waals surface area contributed by atoms with Gasteiger partial charge in [0.05, 0.1) is 6.33 Å². The highest BCUT2D eigenvalue weighted by Crippen LogP contribution is 1.81. The van der Waals surface area contributed by atoms with E-state index in [1.54, 1.807) is 18.7 Å². The van der Waals surface area contributed by atoms with Crippen LogP contribution >= 0.6 is 22.6 Å². The molecule has 1 heterocycles. The Morgan fingerprint density at radius 3 is 2.44 bits per heavy atom.